The van der Waals surface area contributed by atoms with Crippen LogP contribution in [0.15, 0.2) is 29.1 Å². The van der Waals surface area contributed by atoms with E-state index in [-0.39, 0.29) is 11.6 Å². The molecule has 1 aromatic heterocycles. The number of aromatic amines is 1. The van der Waals surface area contributed by atoms with E-state index in [1.165, 1.54) is 0 Å². The number of hydrogen-bond acceptors (Lipinski definition) is 3. The van der Waals surface area contributed by atoms with Crippen LogP contribution in [0.4, 0.5) is 0 Å². The summed E-state index contributed by atoms with van der Waals surface area (Å²) < 4.78 is 0. The molecule has 18 heavy (non-hydrogen) atoms. The Bertz CT molecular complexity index is 589. The van der Waals surface area contributed by atoms with Crippen LogP contribution in [0.3, 0.4) is 0 Å². The Hall–Kier alpha value is -1.68. The van der Waals surface area contributed by atoms with Crippen LogP contribution in [-0.2, 0) is 0 Å². The molecule has 0 aliphatic carbocycles. The molecule has 0 amide bonds. The van der Waals surface area contributed by atoms with Crippen molar-refractivity contribution in [3.63, 3.8) is 0 Å². The monoisotopic (exact) mass is 245 g/mol. The second-order valence-corrected chi connectivity index (χ2v) is 4.75. The smallest absolute Gasteiger partial charge is 0.258 e. The Labute approximate surface area is 106 Å². The molecule has 0 saturated heterocycles. The Balaban J connectivity index is 2.48. The fourth-order valence-electron chi connectivity index (χ4n) is 2.06. The van der Waals surface area contributed by atoms with Gasteiger partial charge in [-0.05, 0) is 18.6 Å². The predicted molar refractivity (Wildman–Crippen MR) is 73.7 cm³/mol. The Morgan fingerprint density at radius 1 is 1.33 bits per heavy atom. The molecular formula is C14H19N3O. The highest BCUT2D eigenvalue weighted by Crippen LogP contribution is 2.14. The van der Waals surface area contributed by atoms with Gasteiger partial charge in [-0.1, -0.05) is 32.9 Å². The average Bonchev–Trinajstić information content (AvgIpc) is 2.35. The quantitative estimate of drug-likeness (QED) is 0.869. The first-order valence-electron chi connectivity index (χ1n) is 6.36. The minimum Gasteiger partial charge on any atom is -0.309 e. The Morgan fingerprint density at radius 3 is 2.72 bits per heavy atom. The molecule has 0 aliphatic rings. The molecule has 2 rings (SSSR count). The minimum atomic E-state index is -0.0698. The maximum atomic E-state index is 12.0. The summed E-state index contributed by atoms with van der Waals surface area (Å²) in [6.07, 6.45) is 0.888. The number of rotatable bonds is 4. The van der Waals surface area contributed by atoms with Gasteiger partial charge in [0.15, 0.2) is 0 Å². The summed E-state index contributed by atoms with van der Waals surface area (Å²) in [4.78, 5) is 19.4. The van der Waals surface area contributed by atoms with E-state index in [2.05, 4.69) is 36.1 Å². The zero-order valence-electron chi connectivity index (χ0n) is 11.0. The Kier molecular flexibility index (Phi) is 3.77. The van der Waals surface area contributed by atoms with Crippen molar-refractivity contribution in [1.82, 2.24) is 15.3 Å². The second kappa shape index (κ2) is 5.31. The summed E-state index contributed by atoms with van der Waals surface area (Å²) in [6.45, 7) is 6.25. The number of para-hydroxylation sites is 1. The second-order valence-electron chi connectivity index (χ2n) is 4.75. The molecule has 0 fully saturated rings. The van der Waals surface area contributed by atoms with E-state index in [1.54, 1.807) is 6.07 Å². The van der Waals surface area contributed by atoms with Gasteiger partial charge in [-0.25, -0.2) is 4.98 Å². The molecule has 1 heterocycles. The first-order chi connectivity index (χ1) is 8.61. The van der Waals surface area contributed by atoms with Crippen LogP contribution in [0.25, 0.3) is 10.9 Å². The van der Waals surface area contributed by atoms with E-state index in [4.69, 9.17) is 0 Å². The number of fused-ring (bicyclic) bond motifs is 1. The average molecular weight is 245 g/mol. The lowest BCUT2D eigenvalue weighted by Gasteiger charge is -2.19. The molecule has 2 N–H and O–H groups in total. The molecular weight excluding hydrogens is 226 g/mol. The summed E-state index contributed by atoms with van der Waals surface area (Å²) in [5, 5.41) is 4.04. The third kappa shape index (κ3) is 2.59. The third-order valence-corrected chi connectivity index (χ3v) is 2.90. The molecule has 96 valence electrons. The van der Waals surface area contributed by atoms with Crippen LogP contribution < -0.4 is 10.9 Å². The highest BCUT2D eigenvalue weighted by molar-refractivity contribution is 5.77. The highest BCUT2D eigenvalue weighted by atomic mass is 16.1. The number of nitrogens with one attached hydrogen (secondary N) is 2. The van der Waals surface area contributed by atoms with E-state index in [0.717, 1.165) is 17.8 Å². The van der Waals surface area contributed by atoms with Crippen LogP contribution >= 0.6 is 0 Å². The lowest BCUT2D eigenvalue weighted by atomic mass is 10.1. The van der Waals surface area contributed by atoms with Gasteiger partial charge in [-0.15, -0.1) is 0 Å². The normalized spacial score (nSPS) is 13.1. The maximum Gasteiger partial charge on any atom is 0.258 e. The first-order valence-corrected chi connectivity index (χ1v) is 6.36. The topological polar surface area (TPSA) is 57.8 Å². The molecule has 4 nitrogen and oxygen atoms in total. The van der Waals surface area contributed by atoms with Crippen molar-refractivity contribution >= 4 is 10.9 Å². The zero-order chi connectivity index (χ0) is 13.1. The van der Waals surface area contributed by atoms with Crippen LogP contribution in [0.2, 0.25) is 0 Å². The van der Waals surface area contributed by atoms with Crippen molar-refractivity contribution in [1.29, 1.82) is 0 Å². The van der Waals surface area contributed by atoms with Crippen molar-refractivity contribution in [3.05, 3.63) is 40.4 Å². The lowest BCUT2D eigenvalue weighted by molar-refractivity contribution is 0.448. The van der Waals surface area contributed by atoms with Crippen LogP contribution in [0.1, 0.15) is 39.1 Å². The zero-order valence-corrected chi connectivity index (χ0v) is 11.0. The van der Waals surface area contributed by atoms with Gasteiger partial charge in [0.1, 0.15) is 5.82 Å². The van der Waals surface area contributed by atoms with Gasteiger partial charge in [0.05, 0.1) is 16.9 Å². The van der Waals surface area contributed by atoms with Crippen LogP contribution in [0.5, 0.6) is 0 Å². The van der Waals surface area contributed by atoms with Gasteiger partial charge in [-0.2, -0.15) is 0 Å². The standard InChI is InChI=1S/C14H19N3O/c1-4-11(15-9(2)3)13-16-12-8-6-5-7-10(12)14(18)17-13/h5-9,11,15H,4H2,1-3H3,(H,16,17,18)/t11-/m0/s1. The molecule has 4 heteroatoms. The number of nitrogens with zero attached hydrogens (tertiary/aromatic N) is 1. The van der Waals surface area contributed by atoms with Gasteiger partial charge in [0, 0.05) is 6.04 Å². The predicted octanol–water partition coefficient (Wildman–Crippen LogP) is 2.37. The summed E-state index contributed by atoms with van der Waals surface area (Å²) in [7, 11) is 0. The van der Waals surface area contributed by atoms with E-state index in [0.29, 0.717) is 11.4 Å². The number of benzene rings is 1. The molecule has 1 atom stereocenters. The molecule has 0 spiro atoms. The van der Waals surface area contributed by atoms with E-state index < -0.39 is 0 Å². The van der Waals surface area contributed by atoms with Crippen LogP contribution in [0, 0.1) is 0 Å². The van der Waals surface area contributed by atoms with Gasteiger partial charge in [0.25, 0.3) is 5.56 Å². The minimum absolute atomic E-state index is 0.0698. The molecule has 0 radical (unpaired) electrons. The van der Waals surface area contributed by atoms with E-state index in [1.807, 2.05) is 18.2 Å². The highest BCUT2D eigenvalue weighted by Gasteiger charge is 2.14. The van der Waals surface area contributed by atoms with Crippen molar-refractivity contribution in [2.24, 2.45) is 0 Å². The van der Waals surface area contributed by atoms with Gasteiger partial charge in [0.2, 0.25) is 0 Å². The molecule has 0 bridgehead atoms. The molecule has 1 aromatic carbocycles. The largest absolute Gasteiger partial charge is 0.309 e. The number of aromatic nitrogens is 2. The maximum absolute atomic E-state index is 12.0. The third-order valence-electron chi connectivity index (χ3n) is 2.90. The molecule has 0 saturated carbocycles. The summed E-state index contributed by atoms with van der Waals surface area (Å²) in [5.41, 5.74) is 0.680. The summed E-state index contributed by atoms with van der Waals surface area (Å²) in [6, 6.07) is 7.85. The summed E-state index contributed by atoms with van der Waals surface area (Å²) in [5.74, 6) is 0.718. The lowest BCUT2D eigenvalue weighted by Crippen LogP contribution is -2.30. The van der Waals surface area contributed by atoms with E-state index >= 15 is 0 Å². The van der Waals surface area contributed by atoms with E-state index in [9.17, 15) is 4.79 Å². The number of H-pyrrole nitrogens is 1. The van der Waals surface area contributed by atoms with Crippen LogP contribution in [-0.4, -0.2) is 16.0 Å². The van der Waals surface area contributed by atoms with Gasteiger partial charge in [-0.3, -0.25) is 4.79 Å². The molecule has 0 aliphatic heterocycles. The fourth-order valence-corrected chi connectivity index (χ4v) is 2.06. The van der Waals surface area contributed by atoms with Gasteiger partial charge >= 0.3 is 0 Å². The van der Waals surface area contributed by atoms with Crippen molar-refractivity contribution in [3.8, 4) is 0 Å². The van der Waals surface area contributed by atoms with Crippen molar-refractivity contribution in [2.45, 2.75) is 39.3 Å². The number of hydrogen-bond donors (Lipinski definition) is 2. The van der Waals surface area contributed by atoms with Crippen molar-refractivity contribution < 1.29 is 0 Å². The first kappa shape index (κ1) is 12.8. The fraction of sp³-hybridized carbons (Fsp3) is 0.429. The Morgan fingerprint density at radius 2 is 2.06 bits per heavy atom. The molecule has 0 unspecified atom stereocenters. The summed E-state index contributed by atoms with van der Waals surface area (Å²) >= 11 is 0. The van der Waals surface area contributed by atoms with Gasteiger partial charge < -0.3 is 10.3 Å². The van der Waals surface area contributed by atoms with Crippen molar-refractivity contribution in [2.75, 3.05) is 0 Å². The molecule has 2 aromatic rings. The SMILES string of the molecule is CC[C@H](NC(C)C)c1nc2ccccc2c(=O)[nH]1.